The van der Waals surface area contributed by atoms with Crippen molar-refractivity contribution in [3.8, 4) is 0 Å². The molecule has 0 aliphatic carbocycles. The summed E-state index contributed by atoms with van der Waals surface area (Å²) >= 11 is 2.60. The molecule has 0 fully saturated rings. The van der Waals surface area contributed by atoms with E-state index in [9.17, 15) is 4.79 Å². The second kappa shape index (κ2) is 6.11. The minimum Gasteiger partial charge on any atom is -0.307 e. The third-order valence-corrected chi connectivity index (χ3v) is 4.14. The molecule has 7 heteroatoms. The van der Waals surface area contributed by atoms with Gasteiger partial charge in [-0.3, -0.25) is 5.32 Å². The van der Waals surface area contributed by atoms with Gasteiger partial charge in [-0.05, 0) is 17.7 Å². The highest BCUT2D eigenvalue weighted by Crippen LogP contribution is 2.23. The lowest BCUT2D eigenvalue weighted by Gasteiger charge is -2.08. The number of aromatic nitrogens is 2. The van der Waals surface area contributed by atoms with E-state index in [1.807, 2.05) is 48.7 Å². The Labute approximate surface area is 130 Å². The van der Waals surface area contributed by atoms with Crippen LogP contribution in [0.1, 0.15) is 0 Å². The highest BCUT2D eigenvalue weighted by molar-refractivity contribution is 7.98. The largest absolute Gasteiger partial charge is 0.325 e. The van der Waals surface area contributed by atoms with Gasteiger partial charge in [0.1, 0.15) is 0 Å². The first kappa shape index (κ1) is 13.8. The number of hydrogen-bond donors (Lipinski definition) is 2. The summed E-state index contributed by atoms with van der Waals surface area (Å²) in [4.78, 5) is 16.2. The van der Waals surface area contributed by atoms with E-state index >= 15 is 0 Å². The quantitative estimate of drug-likeness (QED) is 0.715. The number of rotatable bonds is 3. The zero-order chi connectivity index (χ0) is 14.7. The van der Waals surface area contributed by atoms with E-state index in [1.165, 1.54) is 11.8 Å². The van der Waals surface area contributed by atoms with Gasteiger partial charge in [-0.15, -0.1) is 0 Å². The molecule has 2 amide bonds. The van der Waals surface area contributed by atoms with Crippen LogP contribution >= 0.6 is 23.3 Å². The molecule has 0 spiro atoms. The van der Waals surface area contributed by atoms with Gasteiger partial charge in [0.05, 0.1) is 5.69 Å². The molecule has 3 rings (SSSR count). The van der Waals surface area contributed by atoms with Crippen LogP contribution in [0.15, 0.2) is 47.6 Å². The maximum atomic E-state index is 12.0. The van der Waals surface area contributed by atoms with Crippen molar-refractivity contribution in [3.63, 3.8) is 0 Å². The molecule has 0 radical (unpaired) electrons. The zero-order valence-corrected chi connectivity index (χ0v) is 12.8. The SMILES string of the molecule is CSc1nsc(NC(=O)Nc2cccc3ccccc23)n1. The summed E-state index contributed by atoms with van der Waals surface area (Å²) in [6.07, 6.45) is 1.89. The minimum absolute atomic E-state index is 0.324. The molecular weight excluding hydrogens is 304 g/mol. The van der Waals surface area contributed by atoms with E-state index < -0.39 is 0 Å². The molecule has 0 unspecified atom stereocenters. The van der Waals surface area contributed by atoms with Crippen molar-refractivity contribution in [2.24, 2.45) is 0 Å². The first-order valence-corrected chi connectivity index (χ1v) is 8.19. The third-order valence-electron chi connectivity index (χ3n) is 2.85. The van der Waals surface area contributed by atoms with Crippen molar-refractivity contribution in [2.45, 2.75) is 5.16 Å². The van der Waals surface area contributed by atoms with Crippen LogP contribution in [0.5, 0.6) is 0 Å². The average Bonchev–Trinajstić information content (AvgIpc) is 2.95. The second-order valence-corrected chi connectivity index (χ2v) is 5.72. The van der Waals surface area contributed by atoms with Gasteiger partial charge in [0.2, 0.25) is 10.3 Å². The fourth-order valence-electron chi connectivity index (χ4n) is 1.93. The number of urea groups is 1. The topological polar surface area (TPSA) is 66.9 Å². The van der Waals surface area contributed by atoms with Crippen LogP contribution in [0.4, 0.5) is 15.6 Å². The Morgan fingerprint density at radius 3 is 2.76 bits per heavy atom. The fraction of sp³-hybridized carbons (Fsp3) is 0.0714. The van der Waals surface area contributed by atoms with Crippen LogP contribution in [0.25, 0.3) is 10.8 Å². The van der Waals surface area contributed by atoms with Gasteiger partial charge in [-0.2, -0.15) is 9.36 Å². The average molecular weight is 316 g/mol. The highest BCUT2D eigenvalue weighted by Gasteiger charge is 2.09. The van der Waals surface area contributed by atoms with E-state index in [0.717, 1.165) is 28.0 Å². The van der Waals surface area contributed by atoms with Crippen molar-refractivity contribution in [3.05, 3.63) is 42.5 Å². The van der Waals surface area contributed by atoms with Gasteiger partial charge < -0.3 is 5.32 Å². The molecule has 106 valence electrons. The van der Waals surface area contributed by atoms with Crippen LogP contribution in [0.3, 0.4) is 0 Å². The Bertz CT molecular complexity index is 782. The van der Waals surface area contributed by atoms with Crippen LogP contribution in [0, 0.1) is 0 Å². The summed E-state index contributed by atoms with van der Waals surface area (Å²) in [6, 6.07) is 13.4. The molecule has 1 heterocycles. The van der Waals surface area contributed by atoms with E-state index in [2.05, 4.69) is 20.0 Å². The monoisotopic (exact) mass is 316 g/mol. The number of nitrogens with one attached hydrogen (secondary N) is 2. The van der Waals surface area contributed by atoms with Crippen LogP contribution in [-0.2, 0) is 0 Å². The second-order valence-electron chi connectivity index (χ2n) is 4.19. The van der Waals surface area contributed by atoms with Crippen molar-refractivity contribution < 1.29 is 4.79 Å². The third kappa shape index (κ3) is 3.14. The Morgan fingerprint density at radius 1 is 1.14 bits per heavy atom. The van der Waals surface area contributed by atoms with Crippen molar-refractivity contribution in [1.29, 1.82) is 0 Å². The van der Waals surface area contributed by atoms with Crippen LogP contribution in [-0.4, -0.2) is 21.6 Å². The first-order chi connectivity index (χ1) is 10.3. The summed E-state index contributed by atoms with van der Waals surface area (Å²) in [5.41, 5.74) is 0.764. The number of thioether (sulfide) groups is 1. The van der Waals surface area contributed by atoms with Gasteiger partial charge >= 0.3 is 6.03 Å². The summed E-state index contributed by atoms with van der Waals surface area (Å²) in [5.74, 6) is 0. The number of fused-ring (bicyclic) bond motifs is 1. The number of hydrogen-bond acceptors (Lipinski definition) is 5. The summed E-state index contributed by atoms with van der Waals surface area (Å²) in [7, 11) is 0. The lowest BCUT2D eigenvalue weighted by molar-refractivity contribution is 0.262. The number of amides is 2. The highest BCUT2D eigenvalue weighted by atomic mass is 32.2. The van der Waals surface area contributed by atoms with Crippen LogP contribution in [0.2, 0.25) is 0 Å². The number of nitrogens with zero attached hydrogens (tertiary/aromatic N) is 2. The minimum atomic E-state index is -0.324. The van der Waals surface area contributed by atoms with Gasteiger partial charge in [0.15, 0.2) is 0 Å². The van der Waals surface area contributed by atoms with E-state index in [0.29, 0.717) is 10.3 Å². The van der Waals surface area contributed by atoms with Gasteiger partial charge in [-0.25, -0.2) is 4.79 Å². The van der Waals surface area contributed by atoms with Crippen molar-refractivity contribution >= 4 is 50.9 Å². The Kier molecular flexibility index (Phi) is 4.03. The van der Waals surface area contributed by atoms with Crippen molar-refractivity contribution in [2.75, 3.05) is 16.9 Å². The Balaban J connectivity index is 1.77. The van der Waals surface area contributed by atoms with Gasteiger partial charge in [0.25, 0.3) is 0 Å². The number of carbonyl (C=O) groups is 1. The summed E-state index contributed by atoms with van der Waals surface area (Å²) in [6.45, 7) is 0. The molecule has 0 aliphatic rings. The van der Waals surface area contributed by atoms with Crippen LogP contribution < -0.4 is 10.6 Å². The number of carbonyl (C=O) groups excluding carboxylic acids is 1. The van der Waals surface area contributed by atoms with Gasteiger partial charge in [0, 0.05) is 16.9 Å². The molecule has 0 saturated carbocycles. The molecule has 5 nitrogen and oxygen atoms in total. The molecule has 2 N–H and O–H groups in total. The smallest absolute Gasteiger partial charge is 0.307 e. The molecule has 3 aromatic rings. The van der Waals surface area contributed by atoms with E-state index in [-0.39, 0.29) is 6.03 Å². The molecule has 2 aromatic carbocycles. The standard InChI is InChI=1S/C14H12N4OS2/c1-20-14-17-13(21-18-14)16-12(19)15-11-8-4-6-9-5-2-3-7-10(9)11/h2-8H,1H3,(H2,15,16,17,18,19). The lowest BCUT2D eigenvalue weighted by atomic mass is 10.1. The number of benzene rings is 2. The Morgan fingerprint density at radius 2 is 1.95 bits per heavy atom. The van der Waals surface area contributed by atoms with Crippen molar-refractivity contribution in [1.82, 2.24) is 9.36 Å². The fourth-order valence-corrected chi connectivity index (χ4v) is 3.05. The zero-order valence-electron chi connectivity index (χ0n) is 11.2. The van der Waals surface area contributed by atoms with E-state index in [4.69, 9.17) is 0 Å². The predicted octanol–water partition coefficient (Wildman–Crippen LogP) is 4.06. The molecule has 0 aliphatic heterocycles. The number of anilines is 2. The maximum Gasteiger partial charge on any atom is 0.325 e. The van der Waals surface area contributed by atoms with Gasteiger partial charge in [-0.1, -0.05) is 48.2 Å². The molecule has 0 saturated heterocycles. The summed E-state index contributed by atoms with van der Waals surface area (Å²) in [5, 5.41) is 8.75. The molecule has 0 atom stereocenters. The van der Waals surface area contributed by atoms with E-state index in [1.54, 1.807) is 0 Å². The summed E-state index contributed by atoms with van der Waals surface area (Å²) < 4.78 is 4.10. The predicted molar refractivity (Wildman–Crippen MR) is 88.3 cm³/mol. The first-order valence-electron chi connectivity index (χ1n) is 6.20. The molecule has 0 bridgehead atoms. The molecular formula is C14H12N4OS2. The Hall–Kier alpha value is -2.12. The maximum absolute atomic E-state index is 12.0. The molecule has 21 heavy (non-hydrogen) atoms. The molecule has 1 aromatic heterocycles. The normalized spacial score (nSPS) is 10.5. The lowest BCUT2D eigenvalue weighted by Crippen LogP contribution is -2.19.